The van der Waals surface area contributed by atoms with Crippen molar-refractivity contribution in [2.24, 2.45) is 10.7 Å². The minimum absolute atomic E-state index is 0.478. The Kier molecular flexibility index (Phi) is 4.86. The van der Waals surface area contributed by atoms with Gasteiger partial charge in [-0.1, -0.05) is 36.9 Å². The molecule has 0 aliphatic heterocycles. The van der Waals surface area contributed by atoms with Crippen molar-refractivity contribution in [3.8, 4) is 0 Å². The summed E-state index contributed by atoms with van der Waals surface area (Å²) in [5, 5.41) is 0. The molecule has 0 aromatic heterocycles. The first kappa shape index (κ1) is 12.0. The molecule has 0 unspecified atom stereocenters. The Bertz CT molecular complexity index is 394. The van der Waals surface area contributed by atoms with Gasteiger partial charge in [0.2, 0.25) is 0 Å². The standard InChI is InChI=1S/C13H16N2O/c1-11(2)15-9-13(8-14)16-10-12-6-4-3-5-7-12/h3-9H,1,10,14H2,2H3/b13-8+,15-9-. The van der Waals surface area contributed by atoms with Crippen molar-refractivity contribution in [3.63, 3.8) is 0 Å². The van der Waals surface area contributed by atoms with Crippen molar-refractivity contribution in [3.05, 3.63) is 60.1 Å². The molecule has 1 aromatic carbocycles. The van der Waals surface area contributed by atoms with E-state index < -0.39 is 0 Å². The molecule has 0 aliphatic rings. The van der Waals surface area contributed by atoms with Crippen LogP contribution in [0.2, 0.25) is 0 Å². The van der Waals surface area contributed by atoms with E-state index in [1.807, 2.05) is 37.3 Å². The summed E-state index contributed by atoms with van der Waals surface area (Å²) in [5.74, 6) is 0.534. The monoisotopic (exact) mass is 216 g/mol. The van der Waals surface area contributed by atoms with Crippen LogP contribution < -0.4 is 5.73 Å². The van der Waals surface area contributed by atoms with Crippen LogP contribution in [-0.4, -0.2) is 6.21 Å². The summed E-state index contributed by atoms with van der Waals surface area (Å²) in [6.45, 7) is 5.94. The van der Waals surface area contributed by atoms with Gasteiger partial charge in [-0.05, 0) is 12.5 Å². The van der Waals surface area contributed by atoms with E-state index in [2.05, 4.69) is 11.6 Å². The van der Waals surface area contributed by atoms with Crippen LogP contribution in [0.15, 0.2) is 59.6 Å². The molecule has 1 rings (SSSR count). The zero-order valence-electron chi connectivity index (χ0n) is 9.39. The minimum Gasteiger partial charge on any atom is -0.486 e. The fraction of sp³-hybridized carbons (Fsp3) is 0.154. The third-order valence-corrected chi connectivity index (χ3v) is 1.82. The minimum atomic E-state index is 0.478. The summed E-state index contributed by atoms with van der Waals surface area (Å²) < 4.78 is 5.47. The molecule has 0 saturated carbocycles. The van der Waals surface area contributed by atoms with Crippen molar-refractivity contribution in [1.29, 1.82) is 0 Å². The Balaban J connectivity index is 2.50. The van der Waals surface area contributed by atoms with Crippen LogP contribution in [-0.2, 0) is 11.3 Å². The van der Waals surface area contributed by atoms with Gasteiger partial charge in [0.1, 0.15) is 6.61 Å². The highest BCUT2D eigenvalue weighted by Gasteiger charge is 1.95. The van der Waals surface area contributed by atoms with Crippen LogP contribution in [0, 0.1) is 0 Å². The highest BCUT2D eigenvalue weighted by molar-refractivity contribution is 5.76. The Hall–Kier alpha value is -2.03. The van der Waals surface area contributed by atoms with Gasteiger partial charge in [0.05, 0.1) is 6.21 Å². The van der Waals surface area contributed by atoms with Crippen LogP contribution in [0.5, 0.6) is 0 Å². The first-order chi connectivity index (χ1) is 7.72. The zero-order valence-corrected chi connectivity index (χ0v) is 9.39. The third-order valence-electron chi connectivity index (χ3n) is 1.82. The van der Waals surface area contributed by atoms with Gasteiger partial charge in [0.15, 0.2) is 5.76 Å². The highest BCUT2D eigenvalue weighted by Crippen LogP contribution is 2.04. The molecule has 0 bridgehead atoms. The van der Waals surface area contributed by atoms with Crippen molar-refractivity contribution in [2.75, 3.05) is 0 Å². The Labute approximate surface area is 96.0 Å². The van der Waals surface area contributed by atoms with E-state index in [1.165, 1.54) is 6.20 Å². The fourth-order valence-electron chi connectivity index (χ4n) is 1.04. The van der Waals surface area contributed by atoms with E-state index in [1.54, 1.807) is 6.21 Å². The topological polar surface area (TPSA) is 47.6 Å². The summed E-state index contributed by atoms with van der Waals surface area (Å²) in [7, 11) is 0. The number of rotatable bonds is 5. The maximum absolute atomic E-state index is 5.47. The van der Waals surface area contributed by atoms with Gasteiger partial charge in [0.25, 0.3) is 0 Å². The SMILES string of the molecule is C=C(C)/N=C\C(=C/N)OCc1ccccc1. The van der Waals surface area contributed by atoms with Crippen molar-refractivity contribution in [1.82, 2.24) is 0 Å². The molecule has 0 spiro atoms. The first-order valence-electron chi connectivity index (χ1n) is 5.00. The summed E-state index contributed by atoms with van der Waals surface area (Å²) in [4.78, 5) is 4.02. The molecule has 0 aliphatic carbocycles. The molecule has 0 radical (unpaired) electrons. The molecule has 0 saturated heterocycles. The number of hydrogen-bond acceptors (Lipinski definition) is 3. The molecule has 16 heavy (non-hydrogen) atoms. The quantitative estimate of drug-likeness (QED) is 0.607. The Morgan fingerprint density at radius 3 is 2.69 bits per heavy atom. The molecular weight excluding hydrogens is 200 g/mol. The second-order valence-electron chi connectivity index (χ2n) is 3.34. The molecule has 2 N–H and O–H groups in total. The van der Waals surface area contributed by atoms with E-state index in [0.29, 0.717) is 18.1 Å². The van der Waals surface area contributed by atoms with Crippen LogP contribution in [0.4, 0.5) is 0 Å². The Morgan fingerprint density at radius 2 is 2.12 bits per heavy atom. The van der Waals surface area contributed by atoms with Gasteiger partial charge >= 0.3 is 0 Å². The average Bonchev–Trinajstić information content (AvgIpc) is 2.30. The lowest BCUT2D eigenvalue weighted by Crippen LogP contribution is -1.98. The zero-order chi connectivity index (χ0) is 11.8. The van der Waals surface area contributed by atoms with Gasteiger partial charge in [-0.2, -0.15) is 0 Å². The van der Waals surface area contributed by atoms with Gasteiger partial charge in [-0.3, -0.25) is 4.99 Å². The maximum Gasteiger partial charge on any atom is 0.153 e. The lowest BCUT2D eigenvalue weighted by molar-refractivity contribution is 0.218. The highest BCUT2D eigenvalue weighted by atomic mass is 16.5. The van der Waals surface area contributed by atoms with Crippen LogP contribution in [0.3, 0.4) is 0 Å². The van der Waals surface area contributed by atoms with E-state index >= 15 is 0 Å². The third kappa shape index (κ3) is 4.46. The summed E-state index contributed by atoms with van der Waals surface area (Å²) >= 11 is 0. The van der Waals surface area contributed by atoms with E-state index in [-0.39, 0.29) is 0 Å². The number of ether oxygens (including phenoxy) is 1. The number of nitrogens with two attached hydrogens (primary N) is 1. The molecule has 3 heteroatoms. The average molecular weight is 216 g/mol. The number of allylic oxidation sites excluding steroid dienone is 2. The number of aliphatic imine (C=N–C) groups is 1. The molecule has 0 fully saturated rings. The van der Waals surface area contributed by atoms with Crippen molar-refractivity contribution >= 4 is 6.21 Å². The molecule has 0 amide bonds. The van der Waals surface area contributed by atoms with Crippen molar-refractivity contribution in [2.45, 2.75) is 13.5 Å². The van der Waals surface area contributed by atoms with Gasteiger partial charge < -0.3 is 10.5 Å². The fourth-order valence-corrected chi connectivity index (χ4v) is 1.04. The molecule has 0 atom stereocenters. The summed E-state index contributed by atoms with van der Waals surface area (Å²) in [6.07, 6.45) is 2.95. The second-order valence-corrected chi connectivity index (χ2v) is 3.34. The molecule has 1 aromatic rings. The van der Waals surface area contributed by atoms with Crippen LogP contribution >= 0.6 is 0 Å². The number of nitrogens with zero attached hydrogens (tertiary/aromatic N) is 1. The first-order valence-corrected chi connectivity index (χ1v) is 5.00. The van der Waals surface area contributed by atoms with E-state index in [9.17, 15) is 0 Å². The van der Waals surface area contributed by atoms with Gasteiger partial charge in [0, 0.05) is 11.9 Å². The van der Waals surface area contributed by atoms with Crippen LogP contribution in [0.1, 0.15) is 12.5 Å². The van der Waals surface area contributed by atoms with Gasteiger partial charge in [-0.25, -0.2) is 0 Å². The molecular formula is C13H16N2O. The molecule has 84 valence electrons. The van der Waals surface area contributed by atoms with Crippen molar-refractivity contribution < 1.29 is 4.74 Å². The van der Waals surface area contributed by atoms with E-state index in [0.717, 1.165) is 5.56 Å². The molecule has 3 nitrogen and oxygen atoms in total. The number of benzene rings is 1. The second kappa shape index (κ2) is 6.45. The Morgan fingerprint density at radius 1 is 1.44 bits per heavy atom. The largest absolute Gasteiger partial charge is 0.486 e. The maximum atomic E-state index is 5.47. The van der Waals surface area contributed by atoms with Crippen LogP contribution in [0.25, 0.3) is 0 Å². The lowest BCUT2D eigenvalue weighted by Gasteiger charge is -2.05. The van der Waals surface area contributed by atoms with E-state index in [4.69, 9.17) is 10.5 Å². The smallest absolute Gasteiger partial charge is 0.153 e. The number of hydrogen-bond donors (Lipinski definition) is 1. The predicted molar refractivity (Wildman–Crippen MR) is 66.8 cm³/mol. The predicted octanol–water partition coefficient (Wildman–Crippen LogP) is 2.61. The normalized spacial score (nSPS) is 11.7. The summed E-state index contributed by atoms with van der Waals surface area (Å²) in [6, 6.07) is 9.87. The molecule has 0 heterocycles. The summed E-state index contributed by atoms with van der Waals surface area (Å²) in [5.41, 5.74) is 7.21. The van der Waals surface area contributed by atoms with Gasteiger partial charge in [-0.15, -0.1) is 0 Å². The lowest BCUT2D eigenvalue weighted by atomic mass is 10.2.